The maximum absolute atomic E-state index is 10.7. The van der Waals surface area contributed by atoms with Gasteiger partial charge in [-0.2, -0.15) is 5.26 Å². The Balaban J connectivity index is 2.87. The maximum atomic E-state index is 10.7. The topological polar surface area (TPSA) is 87.2 Å². The van der Waals surface area contributed by atoms with Crippen LogP contribution in [0.5, 0.6) is 0 Å². The quantitative estimate of drug-likeness (QED) is 0.640. The van der Waals surface area contributed by atoms with Crippen LogP contribution >= 0.6 is 0 Å². The summed E-state index contributed by atoms with van der Waals surface area (Å²) in [6, 6.07) is 6.18. The average molecular weight is 248 g/mol. The Morgan fingerprint density at radius 1 is 1.50 bits per heavy atom. The fraction of sp³-hybridized carbons (Fsp3) is 0.462. The molecule has 0 aliphatic rings. The van der Waals surface area contributed by atoms with E-state index in [4.69, 9.17) is 5.26 Å². The summed E-state index contributed by atoms with van der Waals surface area (Å²) >= 11 is 0. The second-order valence-electron chi connectivity index (χ2n) is 4.71. The molecule has 18 heavy (non-hydrogen) atoms. The number of aliphatic hydroxyl groups excluding tert-OH is 1. The van der Waals surface area contributed by atoms with Crippen molar-refractivity contribution in [1.82, 2.24) is 0 Å². The van der Waals surface area contributed by atoms with Crippen molar-refractivity contribution in [2.45, 2.75) is 32.8 Å². The SMILES string of the molecule is CC(C)CC(O)Cc1ccc([N+](=O)[O-])c(C#N)c1. The molecular formula is C13H16N2O3. The van der Waals surface area contributed by atoms with Gasteiger partial charge < -0.3 is 5.11 Å². The molecule has 0 heterocycles. The van der Waals surface area contributed by atoms with E-state index in [1.807, 2.05) is 19.9 Å². The average Bonchev–Trinajstić information content (AvgIpc) is 2.27. The molecule has 0 fully saturated rings. The number of aliphatic hydroxyl groups is 1. The molecule has 0 aliphatic carbocycles. The lowest BCUT2D eigenvalue weighted by Crippen LogP contribution is -2.13. The minimum Gasteiger partial charge on any atom is -0.393 e. The van der Waals surface area contributed by atoms with Crippen LogP contribution in [-0.4, -0.2) is 16.1 Å². The first-order chi connectivity index (χ1) is 8.43. The molecule has 5 nitrogen and oxygen atoms in total. The molecule has 1 atom stereocenters. The highest BCUT2D eigenvalue weighted by molar-refractivity contribution is 5.50. The van der Waals surface area contributed by atoms with E-state index < -0.39 is 11.0 Å². The Kier molecular flexibility index (Phi) is 4.81. The van der Waals surface area contributed by atoms with Gasteiger partial charge in [0, 0.05) is 6.07 Å². The Morgan fingerprint density at radius 2 is 2.17 bits per heavy atom. The molecule has 0 aromatic heterocycles. The molecule has 0 saturated heterocycles. The third-order valence-corrected chi connectivity index (χ3v) is 2.59. The van der Waals surface area contributed by atoms with Gasteiger partial charge in [-0.3, -0.25) is 10.1 Å². The van der Waals surface area contributed by atoms with Crippen molar-refractivity contribution >= 4 is 5.69 Å². The molecule has 1 N–H and O–H groups in total. The zero-order chi connectivity index (χ0) is 13.7. The highest BCUT2D eigenvalue weighted by Crippen LogP contribution is 2.20. The summed E-state index contributed by atoms with van der Waals surface area (Å²) in [5, 5.41) is 29.3. The number of nitriles is 1. The summed E-state index contributed by atoms with van der Waals surface area (Å²) in [6.45, 7) is 4.03. The van der Waals surface area contributed by atoms with Crippen molar-refractivity contribution < 1.29 is 10.0 Å². The highest BCUT2D eigenvalue weighted by Gasteiger charge is 2.15. The van der Waals surface area contributed by atoms with E-state index in [0.29, 0.717) is 18.8 Å². The lowest BCUT2D eigenvalue weighted by atomic mass is 9.98. The van der Waals surface area contributed by atoms with Crippen molar-refractivity contribution in [3.63, 3.8) is 0 Å². The van der Waals surface area contributed by atoms with Crippen LogP contribution in [0.15, 0.2) is 18.2 Å². The van der Waals surface area contributed by atoms with Crippen molar-refractivity contribution in [2.24, 2.45) is 5.92 Å². The Bertz CT molecular complexity index is 478. The van der Waals surface area contributed by atoms with E-state index in [1.54, 1.807) is 6.07 Å². The highest BCUT2D eigenvalue weighted by atomic mass is 16.6. The van der Waals surface area contributed by atoms with Crippen LogP contribution in [0.2, 0.25) is 0 Å². The van der Waals surface area contributed by atoms with Crippen LogP contribution in [0, 0.1) is 27.4 Å². The Labute approximate surface area is 106 Å². The molecule has 0 saturated carbocycles. The molecule has 0 radical (unpaired) electrons. The minimum atomic E-state index is -0.577. The Morgan fingerprint density at radius 3 is 2.67 bits per heavy atom. The van der Waals surface area contributed by atoms with Gasteiger partial charge in [-0.1, -0.05) is 19.9 Å². The van der Waals surface area contributed by atoms with E-state index in [2.05, 4.69) is 0 Å². The van der Waals surface area contributed by atoms with E-state index in [1.165, 1.54) is 12.1 Å². The molecule has 0 aliphatic heterocycles. The Hall–Kier alpha value is -1.93. The largest absolute Gasteiger partial charge is 0.393 e. The molecule has 0 spiro atoms. The lowest BCUT2D eigenvalue weighted by molar-refractivity contribution is -0.385. The maximum Gasteiger partial charge on any atom is 0.287 e. The molecule has 5 heteroatoms. The second kappa shape index (κ2) is 6.12. The first-order valence-corrected chi connectivity index (χ1v) is 5.79. The van der Waals surface area contributed by atoms with Crippen molar-refractivity contribution in [1.29, 1.82) is 5.26 Å². The summed E-state index contributed by atoms with van der Waals surface area (Å²) < 4.78 is 0. The predicted molar refractivity (Wildman–Crippen MR) is 67.0 cm³/mol. The van der Waals surface area contributed by atoms with Gasteiger partial charge in [0.1, 0.15) is 11.6 Å². The van der Waals surface area contributed by atoms with Gasteiger partial charge in [0.05, 0.1) is 11.0 Å². The van der Waals surface area contributed by atoms with Crippen LogP contribution in [0.25, 0.3) is 0 Å². The zero-order valence-electron chi connectivity index (χ0n) is 10.5. The molecular weight excluding hydrogens is 232 g/mol. The first kappa shape index (κ1) is 14.1. The van der Waals surface area contributed by atoms with E-state index in [9.17, 15) is 15.2 Å². The standard InChI is InChI=1S/C13H16N2O3/c1-9(2)5-12(16)7-10-3-4-13(15(17)18)11(6-10)8-14/h3-4,6,9,12,16H,5,7H2,1-2H3. The number of nitro benzene ring substituents is 1. The number of benzene rings is 1. The summed E-state index contributed by atoms with van der Waals surface area (Å²) in [7, 11) is 0. The summed E-state index contributed by atoms with van der Waals surface area (Å²) in [6.07, 6.45) is 0.585. The van der Waals surface area contributed by atoms with E-state index in [0.717, 1.165) is 5.56 Å². The van der Waals surface area contributed by atoms with Crippen molar-refractivity contribution in [3.05, 3.63) is 39.4 Å². The van der Waals surface area contributed by atoms with Crippen molar-refractivity contribution in [3.8, 4) is 6.07 Å². The fourth-order valence-corrected chi connectivity index (χ4v) is 1.86. The molecule has 96 valence electrons. The predicted octanol–water partition coefficient (Wildman–Crippen LogP) is 2.42. The van der Waals surface area contributed by atoms with Crippen LogP contribution in [0.1, 0.15) is 31.4 Å². The van der Waals surface area contributed by atoms with Crippen LogP contribution in [-0.2, 0) is 6.42 Å². The number of hydrogen-bond acceptors (Lipinski definition) is 4. The molecule has 1 unspecified atom stereocenters. The summed E-state index contributed by atoms with van der Waals surface area (Å²) in [4.78, 5) is 10.1. The number of nitro groups is 1. The van der Waals surface area contributed by atoms with Gasteiger partial charge in [-0.05, 0) is 30.4 Å². The van der Waals surface area contributed by atoms with Crippen LogP contribution in [0.4, 0.5) is 5.69 Å². The zero-order valence-corrected chi connectivity index (χ0v) is 10.5. The number of hydrogen-bond donors (Lipinski definition) is 1. The van der Waals surface area contributed by atoms with E-state index in [-0.39, 0.29) is 11.3 Å². The van der Waals surface area contributed by atoms with Gasteiger partial charge in [0.2, 0.25) is 0 Å². The molecule has 0 amide bonds. The summed E-state index contributed by atoms with van der Waals surface area (Å²) in [5.41, 5.74) is 0.583. The molecule has 0 bridgehead atoms. The fourth-order valence-electron chi connectivity index (χ4n) is 1.86. The van der Waals surface area contributed by atoms with Gasteiger partial charge in [-0.15, -0.1) is 0 Å². The minimum absolute atomic E-state index is 0.0363. The van der Waals surface area contributed by atoms with Crippen LogP contribution < -0.4 is 0 Å². The van der Waals surface area contributed by atoms with Crippen LogP contribution in [0.3, 0.4) is 0 Å². The normalized spacial score (nSPS) is 12.2. The third-order valence-electron chi connectivity index (χ3n) is 2.59. The monoisotopic (exact) mass is 248 g/mol. The van der Waals surface area contributed by atoms with Gasteiger partial charge in [-0.25, -0.2) is 0 Å². The van der Waals surface area contributed by atoms with Gasteiger partial charge in [0.25, 0.3) is 5.69 Å². The number of rotatable bonds is 5. The van der Waals surface area contributed by atoms with E-state index >= 15 is 0 Å². The van der Waals surface area contributed by atoms with Gasteiger partial charge >= 0.3 is 0 Å². The molecule has 1 aromatic carbocycles. The molecule has 1 aromatic rings. The first-order valence-electron chi connectivity index (χ1n) is 5.79. The smallest absolute Gasteiger partial charge is 0.287 e. The van der Waals surface area contributed by atoms with Gasteiger partial charge in [0.15, 0.2) is 0 Å². The summed E-state index contributed by atoms with van der Waals surface area (Å²) in [5.74, 6) is 0.383. The third kappa shape index (κ3) is 3.82. The number of nitrogens with zero attached hydrogens (tertiary/aromatic N) is 2. The second-order valence-corrected chi connectivity index (χ2v) is 4.71. The lowest BCUT2D eigenvalue weighted by Gasteiger charge is -2.12. The van der Waals surface area contributed by atoms with Crippen molar-refractivity contribution in [2.75, 3.05) is 0 Å². The molecule has 1 rings (SSSR count).